The molecule has 0 bridgehead atoms. The molecule has 0 saturated carbocycles. The third-order valence-electron chi connectivity index (χ3n) is 4.83. The lowest BCUT2D eigenvalue weighted by molar-refractivity contribution is -0.142. The molecule has 0 aromatic heterocycles. The number of amides is 1. The molecule has 1 aromatic carbocycles. The molecule has 5 heteroatoms. The Labute approximate surface area is 162 Å². The van der Waals surface area contributed by atoms with Gasteiger partial charge in [0.1, 0.15) is 6.61 Å². The van der Waals surface area contributed by atoms with Crippen molar-refractivity contribution in [3.05, 3.63) is 54.3 Å². The summed E-state index contributed by atoms with van der Waals surface area (Å²) in [6, 6.07) is 7.22. The SMILES string of the molecule is C=C1[C@@H](CC)[C@@H](C(C)/C=C\C)C(=O)N1C.CC(=O)OCc1ccc(N)cc1. The molecule has 1 aliphatic heterocycles. The van der Waals surface area contributed by atoms with Gasteiger partial charge in [-0.15, -0.1) is 0 Å². The van der Waals surface area contributed by atoms with Crippen LogP contribution in [0.4, 0.5) is 5.69 Å². The van der Waals surface area contributed by atoms with E-state index in [2.05, 4.69) is 26.5 Å². The van der Waals surface area contributed by atoms with Crippen molar-refractivity contribution in [1.29, 1.82) is 0 Å². The molecule has 0 aliphatic carbocycles. The number of hydrogen-bond acceptors (Lipinski definition) is 4. The van der Waals surface area contributed by atoms with Gasteiger partial charge in [-0.2, -0.15) is 0 Å². The van der Waals surface area contributed by atoms with Gasteiger partial charge in [-0.05, 0) is 37.0 Å². The zero-order valence-corrected chi connectivity index (χ0v) is 17.1. The van der Waals surface area contributed by atoms with Crippen LogP contribution < -0.4 is 5.73 Å². The minimum atomic E-state index is -0.271. The summed E-state index contributed by atoms with van der Waals surface area (Å²) in [5, 5.41) is 0. The quantitative estimate of drug-likeness (QED) is 0.478. The van der Waals surface area contributed by atoms with Crippen molar-refractivity contribution in [3.8, 4) is 0 Å². The van der Waals surface area contributed by atoms with Crippen LogP contribution in [0.1, 0.15) is 39.7 Å². The number of benzene rings is 1. The second-order valence-electron chi connectivity index (χ2n) is 6.84. The number of nitrogens with zero attached hydrogens (tertiary/aromatic N) is 1. The van der Waals surface area contributed by atoms with E-state index in [1.807, 2.05) is 32.2 Å². The van der Waals surface area contributed by atoms with E-state index in [0.29, 0.717) is 24.1 Å². The fraction of sp³-hybridized carbons (Fsp3) is 0.455. The summed E-state index contributed by atoms with van der Waals surface area (Å²) in [7, 11) is 1.83. The zero-order valence-electron chi connectivity index (χ0n) is 17.1. The minimum Gasteiger partial charge on any atom is -0.461 e. The average molecular weight is 373 g/mol. The summed E-state index contributed by atoms with van der Waals surface area (Å²) in [6.07, 6.45) is 5.12. The first-order valence-corrected chi connectivity index (χ1v) is 9.29. The number of carbonyl (C=O) groups is 2. The minimum absolute atomic E-state index is 0.0868. The van der Waals surface area contributed by atoms with Gasteiger partial charge < -0.3 is 15.4 Å². The number of esters is 1. The van der Waals surface area contributed by atoms with E-state index in [1.54, 1.807) is 17.0 Å². The van der Waals surface area contributed by atoms with E-state index in [1.165, 1.54) is 6.92 Å². The second kappa shape index (κ2) is 10.6. The maximum Gasteiger partial charge on any atom is 0.302 e. The van der Waals surface area contributed by atoms with Gasteiger partial charge in [0.2, 0.25) is 5.91 Å². The van der Waals surface area contributed by atoms with Gasteiger partial charge in [0, 0.05) is 31.3 Å². The van der Waals surface area contributed by atoms with Gasteiger partial charge in [0.25, 0.3) is 0 Å². The van der Waals surface area contributed by atoms with E-state index >= 15 is 0 Å². The molecule has 1 unspecified atom stereocenters. The van der Waals surface area contributed by atoms with Gasteiger partial charge >= 0.3 is 5.97 Å². The number of allylic oxidation sites excluding steroid dienone is 3. The topological polar surface area (TPSA) is 72.6 Å². The fourth-order valence-electron chi connectivity index (χ4n) is 3.30. The summed E-state index contributed by atoms with van der Waals surface area (Å²) < 4.78 is 4.79. The molecule has 1 aromatic rings. The van der Waals surface area contributed by atoms with E-state index in [9.17, 15) is 9.59 Å². The van der Waals surface area contributed by atoms with Gasteiger partial charge in [0.15, 0.2) is 0 Å². The molecule has 27 heavy (non-hydrogen) atoms. The van der Waals surface area contributed by atoms with Crippen molar-refractivity contribution in [2.75, 3.05) is 12.8 Å². The molecule has 3 atom stereocenters. The van der Waals surface area contributed by atoms with E-state index in [-0.39, 0.29) is 17.8 Å². The molecule has 2 N–H and O–H groups in total. The van der Waals surface area contributed by atoms with Crippen molar-refractivity contribution in [2.45, 2.75) is 40.7 Å². The molecule has 148 valence electrons. The van der Waals surface area contributed by atoms with Crippen LogP contribution in [0.15, 0.2) is 48.7 Å². The van der Waals surface area contributed by atoms with Crippen molar-refractivity contribution in [3.63, 3.8) is 0 Å². The summed E-state index contributed by atoms with van der Waals surface area (Å²) >= 11 is 0. The second-order valence-corrected chi connectivity index (χ2v) is 6.84. The molecule has 1 heterocycles. The predicted molar refractivity (Wildman–Crippen MR) is 109 cm³/mol. The molecule has 2 rings (SSSR count). The van der Waals surface area contributed by atoms with Crippen LogP contribution in [-0.2, 0) is 20.9 Å². The highest BCUT2D eigenvalue weighted by molar-refractivity contribution is 5.84. The van der Waals surface area contributed by atoms with E-state index in [0.717, 1.165) is 17.7 Å². The normalized spacial score (nSPS) is 20.4. The summed E-state index contributed by atoms with van der Waals surface area (Å²) in [5.41, 5.74) is 8.10. The Morgan fingerprint density at radius 2 is 1.96 bits per heavy atom. The number of rotatable bonds is 5. The zero-order chi connectivity index (χ0) is 20.6. The number of nitrogens with two attached hydrogens (primary N) is 1. The highest BCUT2D eigenvalue weighted by atomic mass is 16.5. The number of nitrogen functional groups attached to an aromatic ring is 1. The van der Waals surface area contributed by atoms with Crippen molar-refractivity contribution < 1.29 is 14.3 Å². The largest absolute Gasteiger partial charge is 0.461 e. The van der Waals surface area contributed by atoms with Crippen molar-refractivity contribution >= 4 is 17.6 Å². The van der Waals surface area contributed by atoms with Crippen LogP contribution in [-0.4, -0.2) is 23.8 Å². The van der Waals surface area contributed by atoms with Gasteiger partial charge in [-0.25, -0.2) is 0 Å². The number of carbonyl (C=O) groups excluding carboxylic acids is 2. The number of likely N-dealkylation sites (tertiary alicyclic amines) is 1. The third-order valence-corrected chi connectivity index (χ3v) is 4.83. The number of hydrogen-bond donors (Lipinski definition) is 1. The Kier molecular flexibility index (Phi) is 8.79. The molecular formula is C22H32N2O3. The smallest absolute Gasteiger partial charge is 0.302 e. The van der Waals surface area contributed by atoms with E-state index in [4.69, 9.17) is 10.5 Å². The third kappa shape index (κ3) is 6.27. The summed E-state index contributed by atoms with van der Waals surface area (Å²) in [4.78, 5) is 24.2. The Morgan fingerprint density at radius 1 is 1.37 bits per heavy atom. The lowest BCUT2D eigenvalue weighted by Crippen LogP contribution is -2.26. The molecule has 1 saturated heterocycles. The lowest BCUT2D eigenvalue weighted by atomic mass is 9.82. The Hall–Kier alpha value is -2.56. The Balaban J connectivity index is 0.000000277. The maximum absolute atomic E-state index is 12.0. The molecule has 1 aliphatic rings. The van der Waals surface area contributed by atoms with Crippen LogP contribution in [0.3, 0.4) is 0 Å². The fourth-order valence-corrected chi connectivity index (χ4v) is 3.30. The van der Waals surface area contributed by atoms with Crippen LogP contribution in [0.2, 0.25) is 0 Å². The number of ether oxygens (including phenoxy) is 1. The molecule has 0 radical (unpaired) electrons. The molecule has 1 fully saturated rings. The van der Waals surface area contributed by atoms with Crippen LogP contribution in [0.25, 0.3) is 0 Å². The van der Waals surface area contributed by atoms with Gasteiger partial charge in [-0.1, -0.05) is 44.7 Å². The van der Waals surface area contributed by atoms with Crippen LogP contribution in [0.5, 0.6) is 0 Å². The van der Waals surface area contributed by atoms with Gasteiger partial charge in [0.05, 0.1) is 5.92 Å². The molecule has 5 nitrogen and oxygen atoms in total. The van der Waals surface area contributed by atoms with Crippen molar-refractivity contribution in [1.82, 2.24) is 4.90 Å². The molecule has 0 spiro atoms. The average Bonchev–Trinajstić information content (AvgIpc) is 2.85. The van der Waals surface area contributed by atoms with E-state index < -0.39 is 0 Å². The molecular weight excluding hydrogens is 340 g/mol. The summed E-state index contributed by atoms with van der Waals surface area (Å²) in [6.45, 7) is 11.9. The highest BCUT2D eigenvalue weighted by Gasteiger charge is 2.42. The number of anilines is 1. The standard InChI is InChI=1S/C13H21NO.C9H11NO2/c1-6-8-9(3)12-11(7-2)10(4)14(5)13(12)15;1-7(11)12-6-8-2-4-9(10)5-3-8/h6,8-9,11-12H,4,7H2,1-3,5H3;2-5H,6,10H2,1H3/b8-6-;/t9?,11-,12-;/m1./s1. The first-order chi connectivity index (χ1) is 12.7. The molecule has 1 amide bonds. The lowest BCUT2D eigenvalue weighted by Gasteiger charge is -2.19. The maximum atomic E-state index is 12.0. The first-order valence-electron chi connectivity index (χ1n) is 9.29. The monoisotopic (exact) mass is 372 g/mol. The Bertz CT molecular complexity index is 679. The predicted octanol–water partition coefficient (Wildman–Crippen LogP) is 4.16. The van der Waals surface area contributed by atoms with Gasteiger partial charge in [-0.3, -0.25) is 9.59 Å². The highest BCUT2D eigenvalue weighted by Crippen LogP contribution is 2.39. The van der Waals surface area contributed by atoms with Crippen molar-refractivity contribution in [2.24, 2.45) is 17.8 Å². The first kappa shape index (κ1) is 22.5. The Morgan fingerprint density at radius 3 is 2.44 bits per heavy atom. The summed E-state index contributed by atoms with van der Waals surface area (Å²) in [5.74, 6) is 0.649. The van der Waals surface area contributed by atoms with Crippen LogP contribution in [0, 0.1) is 17.8 Å². The van der Waals surface area contributed by atoms with Crippen LogP contribution >= 0.6 is 0 Å².